The Kier molecular flexibility index (Phi) is 1.29. The quantitative estimate of drug-likeness (QED) is 0.536. The van der Waals surface area contributed by atoms with Gasteiger partial charge in [-0.2, -0.15) is 0 Å². The first-order chi connectivity index (χ1) is 3.71. The Hall–Kier alpha value is -0.0800. The minimum Gasteiger partial charge on any atom is -0.396 e. The minimum atomic E-state index is 0.125. The molecule has 0 aromatic heterocycles. The molecule has 0 spiro atoms. The fraction of sp³-hybridized carbons (Fsp3) is 1.00. The zero-order valence-corrected chi connectivity index (χ0v) is 5.22. The number of hydrogen-bond acceptors (Lipinski definition) is 2. The van der Waals surface area contributed by atoms with Gasteiger partial charge in [0.05, 0.1) is 6.61 Å². The van der Waals surface area contributed by atoms with Gasteiger partial charge in [0.15, 0.2) is 0 Å². The summed E-state index contributed by atoms with van der Waals surface area (Å²) in [6, 6.07) is 0.174. The van der Waals surface area contributed by atoms with Gasteiger partial charge in [0.25, 0.3) is 0 Å². The van der Waals surface area contributed by atoms with Crippen LogP contribution in [-0.2, 0) is 0 Å². The fourth-order valence-corrected chi connectivity index (χ4v) is 0.918. The maximum Gasteiger partial charge on any atom is 0.0502 e. The van der Waals surface area contributed by atoms with Gasteiger partial charge < -0.3 is 10.8 Å². The predicted molar refractivity (Wildman–Crippen MR) is 32.4 cm³/mol. The number of aliphatic hydroxyl groups excluding tert-OH is 1. The summed E-state index contributed by atoms with van der Waals surface area (Å²) < 4.78 is 0. The van der Waals surface area contributed by atoms with Gasteiger partial charge in [0.2, 0.25) is 0 Å². The maximum absolute atomic E-state index is 8.75. The molecule has 1 aliphatic rings. The molecule has 48 valence electrons. The van der Waals surface area contributed by atoms with Crippen molar-refractivity contribution < 1.29 is 5.11 Å². The van der Waals surface area contributed by atoms with Crippen molar-refractivity contribution in [2.75, 3.05) is 6.61 Å². The molecule has 1 aliphatic carbocycles. The highest BCUT2D eigenvalue weighted by Gasteiger charge is 2.45. The van der Waals surface area contributed by atoms with Crippen molar-refractivity contribution in [2.24, 2.45) is 11.1 Å². The van der Waals surface area contributed by atoms with E-state index in [9.17, 15) is 0 Å². The summed E-state index contributed by atoms with van der Waals surface area (Å²) in [4.78, 5) is 0. The van der Waals surface area contributed by atoms with Crippen LogP contribution >= 0.6 is 0 Å². The highest BCUT2D eigenvalue weighted by Crippen LogP contribution is 2.47. The van der Waals surface area contributed by atoms with E-state index in [2.05, 4.69) is 0 Å². The molecule has 8 heavy (non-hydrogen) atoms. The third kappa shape index (κ3) is 0.740. The molecule has 0 amide bonds. The smallest absolute Gasteiger partial charge is 0.0502 e. The predicted octanol–water partition coefficient (Wildman–Crippen LogP) is 0.106. The van der Waals surface area contributed by atoms with E-state index < -0.39 is 0 Å². The molecule has 2 heteroatoms. The average Bonchev–Trinajstić information content (AvgIpc) is 2.44. The molecule has 3 N–H and O–H groups in total. The second kappa shape index (κ2) is 1.71. The molecule has 0 bridgehead atoms. The lowest BCUT2D eigenvalue weighted by atomic mass is 10.0. The lowest BCUT2D eigenvalue weighted by molar-refractivity contribution is 0.192. The van der Waals surface area contributed by atoms with Gasteiger partial charge in [-0.25, -0.2) is 0 Å². The van der Waals surface area contributed by atoms with Gasteiger partial charge in [0, 0.05) is 11.5 Å². The summed E-state index contributed by atoms with van der Waals surface area (Å²) in [6.45, 7) is 2.23. The number of rotatable bonds is 2. The third-order valence-electron chi connectivity index (χ3n) is 2.17. The standard InChI is InChI=1S/C6H13NO/c1-5(7)6(4-8)2-3-6/h5,8H,2-4,7H2,1H3/t5-/m1/s1. The zero-order valence-electron chi connectivity index (χ0n) is 5.22. The monoisotopic (exact) mass is 115 g/mol. The van der Waals surface area contributed by atoms with Crippen LogP contribution in [0.4, 0.5) is 0 Å². The van der Waals surface area contributed by atoms with Crippen LogP contribution in [0, 0.1) is 5.41 Å². The largest absolute Gasteiger partial charge is 0.396 e. The van der Waals surface area contributed by atoms with Crippen molar-refractivity contribution in [3.8, 4) is 0 Å². The average molecular weight is 115 g/mol. The van der Waals surface area contributed by atoms with Crippen LogP contribution in [0.3, 0.4) is 0 Å². The summed E-state index contributed by atoms with van der Waals surface area (Å²) in [5.41, 5.74) is 5.71. The Morgan fingerprint density at radius 2 is 2.25 bits per heavy atom. The van der Waals surface area contributed by atoms with Gasteiger partial charge in [-0.1, -0.05) is 0 Å². The Morgan fingerprint density at radius 1 is 1.75 bits per heavy atom. The van der Waals surface area contributed by atoms with E-state index in [1.54, 1.807) is 0 Å². The summed E-state index contributed by atoms with van der Waals surface area (Å²) in [7, 11) is 0. The van der Waals surface area contributed by atoms with Gasteiger partial charge in [-0.05, 0) is 19.8 Å². The van der Waals surface area contributed by atoms with Crippen LogP contribution in [0.25, 0.3) is 0 Å². The first kappa shape index (κ1) is 6.05. The van der Waals surface area contributed by atoms with Crippen molar-refractivity contribution in [3.63, 3.8) is 0 Å². The van der Waals surface area contributed by atoms with Crippen molar-refractivity contribution in [3.05, 3.63) is 0 Å². The van der Waals surface area contributed by atoms with Crippen LogP contribution in [0.1, 0.15) is 19.8 Å². The fourth-order valence-electron chi connectivity index (χ4n) is 0.918. The molecule has 0 saturated heterocycles. The van der Waals surface area contributed by atoms with Gasteiger partial charge in [-0.15, -0.1) is 0 Å². The molecule has 1 rings (SSSR count). The van der Waals surface area contributed by atoms with Crippen LogP contribution < -0.4 is 5.73 Å². The Morgan fingerprint density at radius 3 is 2.25 bits per heavy atom. The Labute approximate surface area is 49.7 Å². The Bertz CT molecular complexity index is 86.5. The summed E-state index contributed by atoms with van der Waals surface area (Å²) in [5, 5.41) is 8.75. The molecule has 1 saturated carbocycles. The van der Waals surface area contributed by atoms with Crippen molar-refractivity contribution >= 4 is 0 Å². The molecule has 0 radical (unpaired) electrons. The van der Waals surface area contributed by atoms with E-state index >= 15 is 0 Å². The molecular formula is C6H13NO. The normalized spacial score (nSPS) is 27.4. The molecule has 0 heterocycles. The topological polar surface area (TPSA) is 46.2 Å². The van der Waals surface area contributed by atoms with E-state index in [0.29, 0.717) is 0 Å². The van der Waals surface area contributed by atoms with Crippen LogP contribution in [-0.4, -0.2) is 17.8 Å². The van der Waals surface area contributed by atoms with Gasteiger partial charge in [0.1, 0.15) is 0 Å². The lowest BCUT2D eigenvalue weighted by Crippen LogP contribution is -2.30. The highest BCUT2D eigenvalue weighted by molar-refractivity contribution is 4.98. The summed E-state index contributed by atoms with van der Waals surface area (Å²) >= 11 is 0. The summed E-state index contributed by atoms with van der Waals surface area (Å²) in [6.07, 6.45) is 2.22. The van der Waals surface area contributed by atoms with Crippen molar-refractivity contribution in [1.29, 1.82) is 0 Å². The first-order valence-electron chi connectivity index (χ1n) is 3.08. The lowest BCUT2D eigenvalue weighted by Gasteiger charge is -2.14. The Balaban J connectivity index is 2.41. The number of aliphatic hydroxyl groups is 1. The third-order valence-corrected chi connectivity index (χ3v) is 2.17. The van der Waals surface area contributed by atoms with Crippen LogP contribution in [0.5, 0.6) is 0 Å². The van der Waals surface area contributed by atoms with Gasteiger partial charge >= 0.3 is 0 Å². The van der Waals surface area contributed by atoms with Crippen molar-refractivity contribution in [1.82, 2.24) is 0 Å². The van der Waals surface area contributed by atoms with Crippen LogP contribution in [0.15, 0.2) is 0 Å². The molecule has 2 nitrogen and oxygen atoms in total. The van der Waals surface area contributed by atoms with E-state index in [1.165, 1.54) is 0 Å². The van der Waals surface area contributed by atoms with Crippen molar-refractivity contribution in [2.45, 2.75) is 25.8 Å². The van der Waals surface area contributed by atoms with E-state index in [4.69, 9.17) is 10.8 Å². The minimum absolute atomic E-state index is 0.125. The molecule has 0 unspecified atom stereocenters. The van der Waals surface area contributed by atoms with E-state index in [-0.39, 0.29) is 18.1 Å². The maximum atomic E-state index is 8.75. The second-order valence-electron chi connectivity index (χ2n) is 2.81. The summed E-state index contributed by atoms with van der Waals surface area (Å²) in [5.74, 6) is 0. The SMILES string of the molecule is C[C@@H](N)C1(CO)CC1. The number of nitrogens with two attached hydrogens (primary N) is 1. The van der Waals surface area contributed by atoms with E-state index in [1.807, 2.05) is 6.92 Å². The van der Waals surface area contributed by atoms with Crippen LogP contribution in [0.2, 0.25) is 0 Å². The molecule has 1 fully saturated rings. The molecule has 0 aromatic carbocycles. The zero-order chi connectivity index (χ0) is 6.20. The molecular weight excluding hydrogens is 102 g/mol. The molecule has 0 aliphatic heterocycles. The second-order valence-corrected chi connectivity index (χ2v) is 2.81. The van der Waals surface area contributed by atoms with E-state index in [0.717, 1.165) is 12.8 Å². The number of hydrogen-bond donors (Lipinski definition) is 2. The molecule has 0 aromatic rings. The first-order valence-corrected chi connectivity index (χ1v) is 3.08. The molecule has 1 atom stereocenters. The highest BCUT2D eigenvalue weighted by atomic mass is 16.3. The van der Waals surface area contributed by atoms with Gasteiger partial charge in [-0.3, -0.25) is 0 Å².